The Morgan fingerprint density at radius 1 is 1.27 bits per heavy atom. The van der Waals surface area contributed by atoms with Gasteiger partial charge in [-0.15, -0.1) is 0 Å². The number of halogens is 1. The molecule has 4 heterocycles. The third-order valence-corrected chi connectivity index (χ3v) is 8.62. The first-order valence-corrected chi connectivity index (χ1v) is 14.5. The summed E-state index contributed by atoms with van der Waals surface area (Å²) in [5.41, 5.74) is 6.70. The van der Waals surface area contributed by atoms with Crippen molar-refractivity contribution in [3.8, 4) is 23.0 Å². The van der Waals surface area contributed by atoms with Gasteiger partial charge in [0.25, 0.3) is 0 Å². The highest BCUT2D eigenvalue weighted by atomic mass is 79.9. The molecule has 1 saturated heterocycles. The van der Waals surface area contributed by atoms with E-state index < -0.39 is 12.1 Å². The molecule has 40 heavy (non-hydrogen) atoms. The van der Waals surface area contributed by atoms with Gasteiger partial charge in [0.05, 0.1) is 12.1 Å². The van der Waals surface area contributed by atoms with E-state index in [2.05, 4.69) is 37.8 Å². The standard InChI is InChI=1S/C26H30BrN7O5S/c1-14(2)39-26(36)30-15(3)24(35)33-7-4-16(5-8-33)6-9-34-12-29-22(28)21-23(34)32-25(31-21)40-20-11-19-18(10-17(20)27)37-13-38-19/h10-12,15-16H,1,4-9,13,28H2,2-3H3,(H,30,36)/t15-/m0/s1. The molecule has 14 heteroatoms. The summed E-state index contributed by atoms with van der Waals surface area (Å²) in [6.45, 7) is 8.92. The number of nitrogens with two attached hydrogens (primary N) is 1. The number of anilines is 1. The SMILES string of the molecule is C=C(C)OC(=O)N[C@@H](C)C(=O)N1CCC(CCn2cnc(N)c3nc(Sc4cc5c(cc4Br)OCO5)nc2-3)CC1. The third-order valence-electron chi connectivity index (χ3n) is 6.78. The van der Waals surface area contributed by atoms with Crippen molar-refractivity contribution in [3.05, 3.63) is 35.3 Å². The zero-order valence-electron chi connectivity index (χ0n) is 22.2. The lowest BCUT2D eigenvalue weighted by Gasteiger charge is -2.33. The van der Waals surface area contributed by atoms with E-state index >= 15 is 0 Å². The molecule has 0 aromatic heterocycles. The molecule has 1 aromatic rings. The maximum Gasteiger partial charge on any atom is 0.412 e. The summed E-state index contributed by atoms with van der Waals surface area (Å²) in [6, 6.07) is 3.10. The first-order valence-electron chi connectivity index (χ1n) is 12.9. The van der Waals surface area contributed by atoms with E-state index in [0.717, 1.165) is 28.6 Å². The van der Waals surface area contributed by atoms with Crippen LogP contribution in [-0.2, 0) is 16.1 Å². The number of nitrogen functional groups attached to an aromatic ring is 1. The van der Waals surface area contributed by atoms with E-state index in [1.54, 1.807) is 25.1 Å². The second-order valence-electron chi connectivity index (χ2n) is 9.75. The number of likely N-dealkylation sites (tertiary alicyclic amines) is 1. The maximum atomic E-state index is 12.8. The predicted octanol–water partition coefficient (Wildman–Crippen LogP) is 4.28. The fourth-order valence-electron chi connectivity index (χ4n) is 4.68. The van der Waals surface area contributed by atoms with Crippen LogP contribution < -0.4 is 20.5 Å². The molecule has 0 aliphatic carbocycles. The number of alkyl carbamates (subject to hydrolysis) is 1. The average Bonchev–Trinajstić information content (AvgIpc) is 3.55. The molecular formula is C26H30BrN7O5S. The van der Waals surface area contributed by atoms with E-state index in [4.69, 9.17) is 24.9 Å². The van der Waals surface area contributed by atoms with E-state index in [1.165, 1.54) is 11.8 Å². The summed E-state index contributed by atoms with van der Waals surface area (Å²) in [5.74, 6) is 2.97. The van der Waals surface area contributed by atoms with E-state index in [9.17, 15) is 9.59 Å². The molecule has 212 valence electrons. The van der Waals surface area contributed by atoms with Crippen LogP contribution in [0.2, 0.25) is 0 Å². The number of ether oxygens (including phenoxy) is 3. The first kappa shape index (κ1) is 28.0. The fourth-order valence-corrected chi connectivity index (χ4v) is 6.04. The van der Waals surface area contributed by atoms with Crippen LogP contribution in [0.5, 0.6) is 11.5 Å². The number of nitrogens with one attached hydrogen (secondary N) is 1. The molecule has 3 N–H and O–H groups in total. The molecule has 0 saturated carbocycles. The lowest BCUT2D eigenvalue weighted by Crippen LogP contribution is -2.49. The van der Waals surface area contributed by atoms with Crippen molar-refractivity contribution in [3.63, 3.8) is 0 Å². The van der Waals surface area contributed by atoms with Gasteiger partial charge in [-0.2, -0.15) is 0 Å². The van der Waals surface area contributed by atoms with Gasteiger partial charge in [0.2, 0.25) is 12.7 Å². The van der Waals surface area contributed by atoms with Gasteiger partial charge >= 0.3 is 6.09 Å². The molecule has 0 radical (unpaired) electrons. The molecule has 1 aromatic carbocycles. The van der Waals surface area contributed by atoms with Gasteiger partial charge in [-0.1, -0.05) is 6.58 Å². The van der Waals surface area contributed by atoms with E-state index in [-0.39, 0.29) is 18.5 Å². The molecular weight excluding hydrogens is 602 g/mol. The second kappa shape index (κ2) is 11.9. The fraction of sp³-hybridized carbons (Fsp3) is 0.423. The summed E-state index contributed by atoms with van der Waals surface area (Å²) in [4.78, 5) is 41.0. The lowest BCUT2D eigenvalue weighted by molar-refractivity contribution is -0.134. The van der Waals surface area contributed by atoms with Crippen LogP contribution in [0.4, 0.5) is 10.6 Å². The predicted molar refractivity (Wildman–Crippen MR) is 151 cm³/mol. The number of nitrogens with zero attached hydrogens (tertiary/aromatic N) is 5. The molecule has 5 rings (SSSR count). The largest absolute Gasteiger partial charge is 0.454 e. The summed E-state index contributed by atoms with van der Waals surface area (Å²) in [7, 11) is 0. The van der Waals surface area contributed by atoms with Crippen molar-refractivity contribution in [1.82, 2.24) is 29.7 Å². The Morgan fingerprint density at radius 3 is 2.73 bits per heavy atom. The smallest absolute Gasteiger partial charge is 0.412 e. The van der Waals surface area contributed by atoms with Crippen LogP contribution in [0.1, 0.15) is 33.1 Å². The molecule has 2 amide bonds. The van der Waals surface area contributed by atoms with Crippen molar-refractivity contribution in [2.24, 2.45) is 5.92 Å². The normalized spacial score (nSPS) is 15.7. The number of benzene rings is 1. The summed E-state index contributed by atoms with van der Waals surface area (Å²) in [6.07, 6.45) is 3.66. The summed E-state index contributed by atoms with van der Waals surface area (Å²) < 4.78 is 18.7. The Morgan fingerprint density at radius 2 is 2.00 bits per heavy atom. The van der Waals surface area contributed by atoms with Crippen LogP contribution in [0.3, 0.4) is 0 Å². The van der Waals surface area contributed by atoms with Crippen molar-refractivity contribution in [2.45, 2.75) is 55.7 Å². The van der Waals surface area contributed by atoms with Gasteiger partial charge in [0, 0.05) is 29.0 Å². The van der Waals surface area contributed by atoms with Crippen LogP contribution in [0.15, 0.2) is 45.3 Å². The summed E-state index contributed by atoms with van der Waals surface area (Å²) >= 11 is 4.99. The second-order valence-corrected chi connectivity index (χ2v) is 11.6. The van der Waals surface area contributed by atoms with Crippen molar-refractivity contribution in [2.75, 3.05) is 25.6 Å². The Kier molecular flexibility index (Phi) is 8.35. The topological polar surface area (TPSA) is 147 Å². The van der Waals surface area contributed by atoms with Gasteiger partial charge in [-0.05, 0) is 78.9 Å². The number of fused-ring (bicyclic) bond motifs is 2. The molecule has 1 fully saturated rings. The van der Waals surface area contributed by atoms with E-state index in [1.807, 2.05) is 16.7 Å². The van der Waals surface area contributed by atoms with Crippen LogP contribution in [-0.4, -0.2) is 62.3 Å². The average molecular weight is 633 g/mol. The maximum absolute atomic E-state index is 12.8. The van der Waals surface area contributed by atoms with Crippen LogP contribution in [0.25, 0.3) is 11.5 Å². The Balaban J connectivity index is 1.18. The minimum absolute atomic E-state index is 0.123. The van der Waals surface area contributed by atoms with Crippen molar-refractivity contribution < 1.29 is 23.8 Å². The number of rotatable bonds is 8. The van der Waals surface area contributed by atoms with Crippen LogP contribution in [0, 0.1) is 5.92 Å². The molecule has 4 aliphatic heterocycles. The highest BCUT2D eigenvalue weighted by Gasteiger charge is 2.28. The van der Waals surface area contributed by atoms with E-state index in [0.29, 0.717) is 59.5 Å². The number of imidazole rings is 1. The number of carbonyl (C=O) groups excluding carboxylic acids is 2. The Labute approximate surface area is 244 Å². The quantitative estimate of drug-likeness (QED) is 0.345. The zero-order chi connectivity index (χ0) is 28.4. The summed E-state index contributed by atoms with van der Waals surface area (Å²) in [5, 5.41) is 3.12. The molecule has 1 atom stereocenters. The number of aromatic nitrogens is 4. The van der Waals surface area contributed by atoms with Gasteiger partial charge in [-0.3, -0.25) is 4.79 Å². The molecule has 12 nitrogen and oxygen atoms in total. The molecule has 0 spiro atoms. The number of piperidine rings is 1. The number of aryl methyl sites for hydroxylation is 1. The highest BCUT2D eigenvalue weighted by Crippen LogP contribution is 2.43. The highest BCUT2D eigenvalue weighted by molar-refractivity contribution is 9.10. The Hall–Kier alpha value is -3.52. The zero-order valence-corrected chi connectivity index (χ0v) is 24.6. The number of carbonyl (C=O) groups is 2. The third kappa shape index (κ3) is 6.28. The van der Waals surface area contributed by atoms with Gasteiger partial charge in [0.1, 0.15) is 6.04 Å². The van der Waals surface area contributed by atoms with Crippen molar-refractivity contribution in [1.29, 1.82) is 0 Å². The van der Waals surface area contributed by atoms with Crippen molar-refractivity contribution >= 4 is 45.5 Å². The number of allylic oxidation sites excluding steroid dienone is 1. The Bertz CT molecular complexity index is 1410. The van der Waals surface area contributed by atoms with Gasteiger partial charge in [0.15, 0.2) is 34.0 Å². The lowest BCUT2D eigenvalue weighted by atomic mass is 9.93. The van der Waals surface area contributed by atoms with Gasteiger partial charge in [-0.25, -0.2) is 19.7 Å². The molecule has 0 unspecified atom stereocenters. The van der Waals surface area contributed by atoms with Gasteiger partial charge < -0.3 is 34.7 Å². The minimum atomic E-state index is -0.677. The molecule has 0 bridgehead atoms. The first-order chi connectivity index (χ1) is 19.2. The number of hydrogen-bond donors (Lipinski definition) is 2. The monoisotopic (exact) mass is 631 g/mol. The minimum Gasteiger partial charge on any atom is -0.454 e. The number of amides is 2. The number of hydrogen-bond acceptors (Lipinski definition) is 10. The molecule has 4 aliphatic rings. The van der Waals surface area contributed by atoms with Crippen LogP contribution >= 0.6 is 27.7 Å².